The maximum absolute atomic E-state index is 11.5. The Morgan fingerprint density at radius 2 is 1.81 bits per heavy atom. The van der Waals surface area contributed by atoms with E-state index in [1.165, 1.54) is 22.7 Å². The normalized spacial score (nSPS) is 24.8. The summed E-state index contributed by atoms with van der Waals surface area (Å²) in [6, 6.07) is 0. The Hall–Kier alpha value is 1.84. The van der Waals surface area contributed by atoms with Crippen LogP contribution in [0.1, 0.15) is 6.23 Å². The molecule has 2 aromatic rings. The molecule has 0 aliphatic carbocycles. The minimum atomic E-state index is -5.30. The first kappa shape index (κ1) is 33.8. The van der Waals surface area contributed by atoms with Crippen LogP contribution in [0.2, 0.25) is 0 Å². The molecule has 0 saturated carbocycles. The van der Waals surface area contributed by atoms with E-state index in [1.54, 1.807) is 6.26 Å². The van der Waals surface area contributed by atoms with Gasteiger partial charge in [0.05, 0.1) is 12.9 Å². The van der Waals surface area contributed by atoms with E-state index >= 15 is 0 Å². The van der Waals surface area contributed by atoms with Gasteiger partial charge in [0.1, 0.15) is 23.8 Å². The number of nitrogen functional groups attached to an aromatic ring is 1. The largest absolute Gasteiger partial charge is 0.481 e. The molecule has 0 bridgehead atoms. The SMILES string of the molecule is CSc1nc(N)c2ncn([C@@H]3O[C@H](COP(=O)(O)OP(=O)(O)O)[C@@H](O)[C@H]3O)c2n1.[Na].[Na].[Na]. The second-order valence-corrected chi connectivity index (χ2v) is 9.41. The number of hydrogen-bond donors (Lipinski definition) is 6. The van der Waals surface area contributed by atoms with Crippen LogP contribution in [0.25, 0.3) is 11.2 Å². The van der Waals surface area contributed by atoms with Crippen molar-refractivity contribution in [1.82, 2.24) is 19.5 Å². The topological polar surface area (TPSA) is 233 Å². The molecule has 165 valence electrons. The van der Waals surface area contributed by atoms with E-state index in [2.05, 4.69) is 23.8 Å². The minimum Gasteiger partial charge on any atom is -0.387 e. The average molecular weight is 542 g/mol. The van der Waals surface area contributed by atoms with E-state index < -0.39 is 46.8 Å². The van der Waals surface area contributed by atoms with Gasteiger partial charge in [-0.1, -0.05) is 11.8 Å². The van der Waals surface area contributed by atoms with Crippen LogP contribution in [0, 0.1) is 0 Å². The van der Waals surface area contributed by atoms with Gasteiger partial charge in [-0.15, -0.1) is 0 Å². The molecular formula is C11H17N5Na3O10P2S. The molecule has 21 heteroatoms. The summed E-state index contributed by atoms with van der Waals surface area (Å²) >= 11 is 1.22. The fourth-order valence-electron chi connectivity index (χ4n) is 2.62. The Bertz CT molecular complexity index is 1010. The fraction of sp³-hybridized carbons (Fsp3) is 0.545. The van der Waals surface area contributed by atoms with E-state index in [4.69, 9.17) is 20.3 Å². The molecule has 1 fully saturated rings. The Labute approximate surface area is 251 Å². The van der Waals surface area contributed by atoms with Crippen LogP contribution in [0.4, 0.5) is 5.82 Å². The number of nitrogens with zero attached hydrogens (tertiary/aromatic N) is 4. The molecule has 0 aromatic carbocycles. The number of ether oxygens (including phenoxy) is 1. The summed E-state index contributed by atoms with van der Waals surface area (Å²) < 4.78 is 37.1. The third-order valence-electron chi connectivity index (χ3n) is 3.83. The van der Waals surface area contributed by atoms with Crippen molar-refractivity contribution >= 4 is 133 Å². The molecule has 3 radical (unpaired) electrons. The molecule has 32 heavy (non-hydrogen) atoms. The Morgan fingerprint density at radius 1 is 1.19 bits per heavy atom. The van der Waals surface area contributed by atoms with Crippen molar-refractivity contribution in [2.75, 3.05) is 18.6 Å². The minimum absolute atomic E-state index is 0. The number of fused-ring (bicyclic) bond motifs is 1. The first-order valence-electron chi connectivity index (χ1n) is 7.71. The van der Waals surface area contributed by atoms with Gasteiger partial charge in [-0.25, -0.2) is 24.1 Å². The predicted octanol–water partition coefficient (Wildman–Crippen LogP) is -2.17. The van der Waals surface area contributed by atoms with Crippen LogP contribution in [0.5, 0.6) is 0 Å². The number of aromatic nitrogens is 4. The maximum Gasteiger partial charge on any atom is 0.481 e. The molecule has 7 N–H and O–H groups in total. The zero-order valence-electron chi connectivity index (χ0n) is 17.5. The summed E-state index contributed by atoms with van der Waals surface area (Å²) in [6.45, 7) is -0.817. The number of phosphoric acid groups is 2. The molecule has 0 spiro atoms. The van der Waals surface area contributed by atoms with Gasteiger partial charge in [0, 0.05) is 88.7 Å². The number of rotatable bonds is 7. The van der Waals surface area contributed by atoms with Crippen molar-refractivity contribution in [2.24, 2.45) is 0 Å². The second kappa shape index (κ2) is 13.4. The van der Waals surface area contributed by atoms with Gasteiger partial charge in [0.15, 0.2) is 22.8 Å². The van der Waals surface area contributed by atoms with Gasteiger partial charge in [0.25, 0.3) is 0 Å². The summed E-state index contributed by atoms with van der Waals surface area (Å²) in [4.78, 5) is 38.8. The summed E-state index contributed by atoms with van der Waals surface area (Å²) in [5, 5.41) is 20.8. The number of hydrogen-bond acceptors (Lipinski definition) is 12. The third-order valence-corrected chi connectivity index (χ3v) is 6.53. The van der Waals surface area contributed by atoms with E-state index in [-0.39, 0.29) is 106 Å². The number of nitrogens with two attached hydrogens (primary N) is 1. The third kappa shape index (κ3) is 8.18. The van der Waals surface area contributed by atoms with Crippen molar-refractivity contribution in [2.45, 2.75) is 29.7 Å². The number of aliphatic hydroxyl groups excluding tert-OH is 2. The van der Waals surface area contributed by atoms with E-state index in [0.717, 1.165) is 0 Å². The first-order valence-corrected chi connectivity index (χ1v) is 12.0. The first-order chi connectivity index (χ1) is 13.4. The van der Waals surface area contributed by atoms with Crippen molar-refractivity contribution in [1.29, 1.82) is 0 Å². The molecule has 5 atom stereocenters. The van der Waals surface area contributed by atoms with Crippen LogP contribution in [0.15, 0.2) is 11.5 Å². The fourth-order valence-corrected chi connectivity index (χ4v) is 4.58. The maximum atomic E-state index is 11.5. The summed E-state index contributed by atoms with van der Waals surface area (Å²) in [5.74, 6) is 0.0989. The van der Waals surface area contributed by atoms with Gasteiger partial charge in [-0.2, -0.15) is 4.31 Å². The molecular weight excluding hydrogens is 525 g/mol. The smallest absolute Gasteiger partial charge is 0.387 e. The van der Waals surface area contributed by atoms with Crippen molar-refractivity contribution in [3.05, 3.63) is 6.33 Å². The van der Waals surface area contributed by atoms with Gasteiger partial charge < -0.3 is 35.4 Å². The standard InChI is InChI=1S/C11H17N5O10P2S.3Na/c1-29-11-14-8(12)5-9(15-11)16(3-13-5)10-7(18)6(17)4(25-10)2-24-28(22,23)26-27(19,20)21;;;/h3-4,6-7,10,17-18H,2H2,1H3,(H,22,23)(H2,12,14,15)(H2,19,20,21);;;/t4-,6-,7-,10-;;;/m1.../s1. The molecule has 1 saturated heterocycles. The summed E-state index contributed by atoms with van der Waals surface area (Å²) in [7, 11) is -10.4. The van der Waals surface area contributed by atoms with Gasteiger partial charge >= 0.3 is 15.6 Å². The van der Waals surface area contributed by atoms with Crippen molar-refractivity contribution in [3.63, 3.8) is 0 Å². The molecule has 1 unspecified atom stereocenters. The van der Waals surface area contributed by atoms with E-state index in [0.29, 0.717) is 5.16 Å². The van der Waals surface area contributed by atoms with Crippen LogP contribution in [0.3, 0.4) is 0 Å². The number of imidazole rings is 1. The second-order valence-electron chi connectivity index (χ2n) is 5.80. The summed E-state index contributed by atoms with van der Waals surface area (Å²) in [5.41, 5.74) is 6.29. The van der Waals surface area contributed by atoms with E-state index in [9.17, 15) is 24.2 Å². The molecule has 2 aromatic heterocycles. The quantitative estimate of drug-likeness (QED) is 0.0946. The number of phosphoric ester groups is 1. The molecule has 1 aliphatic heterocycles. The van der Waals surface area contributed by atoms with Crippen LogP contribution < -0.4 is 5.73 Å². The zero-order chi connectivity index (χ0) is 21.6. The zero-order valence-corrected chi connectivity index (χ0v) is 26.1. The van der Waals surface area contributed by atoms with Gasteiger partial charge in [0.2, 0.25) is 0 Å². The molecule has 0 amide bonds. The molecule has 3 rings (SSSR count). The van der Waals surface area contributed by atoms with Crippen LogP contribution >= 0.6 is 27.4 Å². The Balaban J connectivity index is 0.00000320. The molecule has 1 aliphatic rings. The van der Waals surface area contributed by atoms with Crippen LogP contribution in [-0.2, 0) is 22.7 Å². The average Bonchev–Trinajstić information content (AvgIpc) is 3.13. The molecule has 3 heterocycles. The monoisotopic (exact) mass is 542 g/mol. The van der Waals surface area contributed by atoms with Gasteiger partial charge in [-0.3, -0.25) is 9.09 Å². The van der Waals surface area contributed by atoms with Crippen LogP contribution in [-0.4, -0.2) is 164 Å². The van der Waals surface area contributed by atoms with Gasteiger partial charge in [-0.05, 0) is 6.26 Å². The predicted molar refractivity (Wildman–Crippen MR) is 114 cm³/mol. The Kier molecular flexibility index (Phi) is 14.2. The summed E-state index contributed by atoms with van der Waals surface area (Å²) in [6.07, 6.45) is -2.66. The number of thioether (sulfide) groups is 1. The Morgan fingerprint density at radius 3 is 2.38 bits per heavy atom. The van der Waals surface area contributed by atoms with Crippen molar-refractivity contribution < 1.29 is 47.6 Å². The van der Waals surface area contributed by atoms with Crippen molar-refractivity contribution in [3.8, 4) is 0 Å². The molecule has 15 nitrogen and oxygen atoms in total. The van der Waals surface area contributed by atoms with E-state index in [1.807, 2.05) is 0 Å². The number of aliphatic hydroxyl groups is 2. The number of anilines is 1.